The molecule has 44 valence electrons. The maximum Gasteiger partial charge on any atom is 0.125 e. The summed E-state index contributed by atoms with van der Waals surface area (Å²) in [6, 6.07) is 0. The van der Waals surface area contributed by atoms with Crippen molar-refractivity contribution in [3.05, 3.63) is 22.5 Å². The van der Waals surface area contributed by atoms with Crippen molar-refractivity contribution in [1.82, 2.24) is 5.32 Å². The van der Waals surface area contributed by atoms with E-state index in [1.54, 1.807) is 6.20 Å². The average Bonchev–Trinajstić information content (AvgIpc) is 2.12. The average molecular weight is 129 g/mol. The lowest BCUT2D eigenvalue weighted by molar-refractivity contribution is 1.10. The van der Waals surface area contributed by atoms with Crippen LogP contribution in [0.25, 0.3) is 0 Å². The zero-order valence-corrected chi connectivity index (χ0v) is 5.03. The molecule has 0 aromatic carbocycles. The molecule has 0 aliphatic carbocycles. The molecule has 0 bridgehead atoms. The van der Waals surface area contributed by atoms with Gasteiger partial charge < -0.3 is 16.8 Å². The van der Waals surface area contributed by atoms with Gasteiger partial charge in [-0.3, -0.25) is 0 Å². The Morgan fingerprint density at radius 1 is 1.62 bits per heavy atom. The molecule has 0 amide bonds. The second kappa shape index (κ2) is 2.00. The zero-order valence-electron chi connectivity index (χ0n) is 4.22. The smallest absolute Gasteiger partial charge is 0.125 e. The van der Waals surface area contributed by atoms with Crippen molar-refractivity contribution in [3.8, 4) is 0 Å². The molecule has 0 spiro atoms. The van der Waals surface area contributed by atoms with E-state index in [4.69, 9.17) is 11.5 Å². The van der Waals surface area contributed by atoms with Gasteiger partial charge in [-0.05, 0) is 5.41 Å². The lowest BCUT2D eigenvalue weighted by atomic mass is 10.7. The third kappa shape index (κ3) is 0.894. The molecule has 0 atom stereocenters. The minimum Gasteiger partial charge on any atom is -0.384 e. The van der Waals surface area contributed by atoms with E-state index < -0.39 is 0 Å². The first-order valence-corrected chi connectivity index (χ1v) is 3.02. The maximum atomic E-state index is 5.23. The van der Waals surface area contributed by atoms with E-state index in [0.717, 1.165) is 5.03 Å². The predicted octanol–water partition coefficient (Wildman–Crippen LogP) is -0.162. The van der Waals surface area contributed by atoms with Crippen LogP contribution >= 0.6 is 11.8 Å². The van der Waals surface area contributed by atoms with Gasteiger partial charge in [-0.1, -0.05) is 11.8 Å². The number of nitrogens with two attached hydrogens (primary N) is 2. The van der Waals surface area contributed by atoms with Gasteiger partial charge in [0.1, 0.15) is 10.9 Å². The number of thioether (sulfide) groups is 1. The second-order valence-electron chi connectivity index (χ2n) is 1.35. The highest BCUT2D eigenvalue weighted by Crippen LogP contribution is 2.18. The summed E-state index contributed by atoms with van der Waals surface area (Å²) in [6.45, 7) is 0. The first-order chi connectivity index (χ1) is 3.80. The van der Waals surface area contributed by atoms with Gasteiger partial charge in [0.05, 0.1) is 0 Å². The van der Waals surface area contributed by atoms with E-state index in [1.165, 1.54) is 11.8 Å². The molecule has 0 radical (unpaired) electrons. The molecule has 1 aliphatic heterocycles. The van der Waals surface area contributed by atoms with E-state index in [0.29, 0.717) is 5.82 Å². The molecular weight excluding hydrogens is 122 g/mol. The summed E-state index contributed by atoms with van der Waals surface area (Å²) in [7, 11) is 0. The first-order valence-electron chi connectivity index (χ1n) is 2.14. The monoisotopic (exact) mass is 129 g/mol. The molecule has 0 aromatic rings. The third-order valence-corrected chi connectivity index (χ3v) is 1.59. The summed E-state index contributed by atoms with van der Waals surface area (Å²) < 4.78 is 0. The van der Waals surface area contributed by atoms with Crippen molar-refractivity contribution in [3.63, 3.8) is 0 Å². The largest absolute Gasteiger partial charge is 0.384 e. The molecule has 4 heteroatoms. The van der Waals surface area contributed by atoms with Crippen molar-refractivity contribution in [2.45, 2.75) is 0 Å². The standard InChI is InChI=1S/C4H7N3S/c5-3(6)4-7-1-2-8-4/h1-2,7H,5-6H2. The SMILES string of the molecule is NC(N)=C1NC=CS1. The Kier molecular flexibility index (Phi) is 1.34. The topological polar surface area (TPSA) is 64.1 Å². The van der Waals surface area contributed by atoms with Gasteiger partial charge in [-0.2, -0.15) is 0 Å². The van der Waals surface area contributed by atoms with Gasteiger partial charge in [-0.25, -0.2) is 0 Å². The number of rotatable bonds is 0. The number of nitrogens with one attached hydrogen (secondary N) is 1. The van der Waals surface area contributed by atoms with Crippen LogP contribution in [0.3, 0.4) is 0 Å². The second-order valence-corrected chi connectivity index (χ2v) is 2.27. The molecule has 0 fully saturated rings. The van der Waals surface area contributed by atoms with E-state index in [1.807, 2.05) is 5.41 Å². The van der Waals surface area contributed by atoms with E-state index in [-0.39, 0.29) is 0 Å². The maximum absolute atomic E-state index is 5.23. The molecule has 1 rings (SSSR count). The predicted molar refractivity (Wildman–Crippen MR) is 35.3 cm³/mol. The molecule has 5 N–H and O–H groups in total. The fraction of sp³-hybridized carbons (Fsp3) is 0. The van der Waals surface area contributed by atoms with Gasteiger partial charge in [0, 0.05) is 6.20 Å². The fourth-order valence-electron chi connectivity index (χ4n) is 0.397. The first kappa shape index (κ1) is 5.37. The zero-order chi connectivity index (χ0) is 5.98. The van der Waals surface area contributed by atoms with Gasteiger partial charge in [-0.15, -0.1) is 0 Å². The lowest BCUT2D eigenvalue weighted by Gasteiger charge is -1.96. The van der Waals surface area contributed by atoms with Crippen LogP contribution in [0.4, 0.5) is 0 Å². The lowest BCUT2D eigenvalue weighted by Crippen LogP contribution is -2.15. The minimum absolute atomic E-state index is 0.347. The molecular formula is C4H7N3S. The summed E-state index contributed by atoms with van der Waals surface area (Å²) >= 11 is 1.49. The van der Waals surface area contributed by atoms with E-state index in [9.17, 15) is 0 Å². The van der Waals surface area contributed by atoms with Crippen LogP contribution in [0.15, 0.2) is 22.5 Å². The summed E-state index contributed by atoms with van der Waals surface area (Å²) in [5.74, 6) is 0.347. The van der Waals surface area contributed by atoms with Crippen molar-refractivity contribution in [2.24, 2.45) is 11.5 Å². The van der Waals surface area contributed by atoms with Gasteiger partial charge >= 0.3 is 0 Å². The summed E-state index contributed by atoms with van der Waals surface area (Å²) in [6.07, 6.45) is 1.79. The highest BCUT2D eigenvalue weighted by Gasteiger charge is 2.00. The Labute approximate surface area is 51.8 Å². The molecule has 0 saturated carbocycles. The van der Waals surface area contributed by atoms with Crippen molar-refractivity contribution in [2.75, 3.05) is 0 Å². The van der Waals surface area contributed by atoms with Crippen LogP contribution in [-0.4, -0.2) is 0 Å². The fourth-order valence-corrected chi connectivity index (χ4v) is 0.941. The Bertz CT molecular complexity index is 135. The Morgan fingerprint density at radius 3 is 2.62 bits per heavy atom. The van der Waals surface area contributed by atoms with Crippen LogP contribution in [-0.2, 0) is 0 Å². The molecule has 1 heterocycles. The van der Waals surface area contributed by atoms with Crippen LogP contribution in [0.1, 0.15) is 0 Å². The number of hydrogen-bond acceptors (Lipinski definition) is 4. The molecule has 8 heavy (non-hydrogen) atoms. The van der Waals surface area contributed by atoms with Crippen LogP contribution in [0.5, 0.6) is 0 Å². The van der Waals surface area contributed by atoms with E-state index >= 15 is 0 Å². The highest BCUT2D eigenvalue weighted by molar-refractivity contribution is 8.06. The van der Waals surface area contributed by atoms with Crippen molar-refractivity contribution in [1.29, 1.82) is 0 Å². The Hall–Kier alpha value is -0.770. The Morgan fingerprint density at radius 2 is 2.38 bits per heavy atom. The molecule has 0 saturated heterocycles. The van der Waals surface area contributed by atoms with Crippen molar-refractivity contribution < 1.29 is 0 Å². The van der Waals surface area contributed by atoms with Crippen LogP contribution in [0, 0.1) is 0 Å². The highest BCUT2D eigenvalue weighted by atomic mass is 32.2. The normalized spacial score (nSPS) is 16.2. The molecule has 0 aromatic heterocycles. The van der Waals surface area contributed by atoms with Crippen LogP contribution in [0.2, 0.25) is 0 Å². The summed E-state index contributed by atoms with van der Waals surface area (Å²) in [5.41, 5.74) is 10.5. The van der Waals surface area contributed by atoms with Crippen LogP contribution < -0.4 is 16.8 Å². The number of hydrogen-bond donors (Lipinski definition) is 3. The van der Waals surface area contributed by atoms with Gasteiger partial charge in [0.25, 0.3) is 0 Å². The van der Waals surface area contributed by atoms with Crippen molar-refractivity contribution >= 4 is 11.8 Å². The minimum atomic E-state index is 0.347. The van der Waals surface area contributed by atoms with Gasteiger partial charge in [0.2, 0.25) is 0 Å². The summed E-state index contributed by atoms with van der Waals surface area (Å²) in [5, 5.41) is 5.58. The third-order valence-electron chi connectivity index (χ3n) is 0.731. The molecule has 1 aliphatic rings. The Balaban J connectivity index is 2.64. The van der Waals surface area contributed by atoms with Gasteiger partial charge in [0.15, 0.2) is 0 Å². The molecule has 3 nitrogen and oxygen atoms in total. The quantitative estimate of drug-likeness (QED) is 0.425. The van der Waals surface area contributed by atoms with E-state index in [2.05, 4.69) is 5.32 Å². The molecule has 0 unspecified atom stereocenters. The summed E-state index contributed by atoms with van der Waals surface area (Å²) in [4.78, 5) is 0.